The van der Waals surface area contributed by atoms with Crippen LogP contribution in [0.4, 0.5) is 0 Å². The molecular formula is C16H26N2O3. The van der Waals surface area contributed by atoms with Crippen LogP contribution in [0.25, 0.3) is 0 Å². The van der Waals surface area contributed by atoms with Crippen molar-refractivity contribution in [2.75, 3.05) is 6.54 Å². The highest BCUT2D eigenvalue weighted by molar-refractivity contribution is 5.90. The third-order valence-corrected chi connectivity index (χ3v) is 5.14. The number of rotatable bonds is 3. The summed E-state index contributed by atoms with van der Waals surface area (Å²) in [5.41, 5.74) is -0.244. The molecule has 2 fully saturated rings. The van der Waals surface area contributed by atoms with Crippen molar-refractivity contribution in [1.82, 2.24) is 10.2 Å². The quantitative estimate of drug-likeness (QED) is 0.796. The minimum absolute atomic E-state index is 0.141. The number of nitrogens with zero attached hydrogens (tertiary/aromatic N) is 1. The summed E-state index contributed by atoms with van der Waals surface area (Å²) in [6.45, 7) is 12.1. The smallest absolute Gasteiger partial charge is 0.246 e. The molecule has 2 rings (SSSR count). The molecule has 1 saturated carbocycles. The van der Waals surface area contributed by atoms with Crippen LogP contribution in [0.1, 0.15) is 41.5 Å². The normalized spacial score (nSPS) is 31.3. The largest absolute Gasteiger partial charge is 0.344 e. The van der Waals surface area contributed by atoms with Crippen molar-refractivity contribution in [2.24, 2.45) is 22.7 Å². The van der Waals surface area contributed by atoms with Gasteiger partial charge in [-0.25, -0.2) is 0 Å². The Kier molecular flexibility index (Phi) is 3.67. The van der Waals surface area contributed by atoms with Gasteiger partial charge in [0.2, 0.25) is 11.8 Å². The zero-order chi connectivity index (χ0) is 16.2. The molecule has 1 aliphatic heterocycles. The van der Waals surface area contributed by atoms with Gasteiger partial charge in [0.15, 0.2) is 0 Å². The SMILES string of the molecule is CC(=O)N[C@H](C(=O)N1C[C@H]2[C@@H]([C@H]1C=O)C2(C)C)C(C)(C)C. The second kappa shape index (κ2) is 4.82. The molecule has 118 valence electrons. The topological polar surface area (TPSA) is 66.5 Å². The number of amides is 2. The molecule has 0 radical (unpaired) electrons. The molecule has 2 amide bonds. The Bertz CT molecular complexity index is 478. The maximum Gasteiger partial charge on any atom is 0.246 e. The third kappa shape index (κ3) is 2.58. The Morgan fingerprint density at radius 2 is 1.90 bits per heavy atom. The molecule has 21 heavy (non-hydrogen) atoms. The van der Waals surface area contributed by atoms with Gasteiger partial charge in [-0.2, -0.15) is 0 Å². The number of piperidine rings is 1. The van der Waals surface area contributed by atoms with Crippen LogP contribution >= 0.6 is 0 Å². The zero-order valence-corrected chi connectivity index (χ0v) is 13.8. The zero-order valence-electron chi connectivity index (χ0n) is 13.8. The molecule has 4 atom stereocenters. The number of aldehydes is 1. The van der Waals surface area contributed by atoms with Gasteiger partial charge in [0.1, 0.15) is 12.3 Å². The number of hydrogen-bond acceptors (Lipinski definition) is 3. The van der Waals surface area contributed by atoms with Crippen LogP contribution < -0.4 is 5.32 Å². The fourth-order valence-corrected chi connectivity index (χ4v) is 3.75. The van der Waals surface area contributed by atoms with Crippen molar-refractivity contribution in [3.05, 3.63) is 0 Å². The Hall–Kier alpha value is -1.39. The Balaban J connectivity index is 2.19. The Morgan fingerprint density at radius 3 is 2.33 bits per heavy atom. The molecule has 1 N–H and O–H groups in total. The first-order chi connectivity index (χ1) is 9.51. The van der Waals surface area contributed by atoms with E-state index in [9.17, 15) is 14.4 Å². The van der Waals surface area contributed by atoms with E-state index < -0.39 is 11.5 Å². The van der Waals surface area contributed by atoms with Crippen molar-refractivity contribution < 1.29 is 14.4 Å². The molecule has 1 heterocycles. The summed E-state index contributed by atoms with van der Waals surface area (Å²) >= 11 is 0. The molecule has 0 aromatic carbocycles. The first-order valence-corrected chi connectivity index (χ1v) is 7.54. The number of carbonyl (C=O) groups is 3. The summed E-state index contributed by atoms with van der Waals surface area (Å²) in [5.74, 6) is 0.292. The van der Waals surface area contributed by atoms with Gasteiger partial charge in [-0.05, 0) is 22.7 Å². The lowest BCUT2D eigenvalue weighted by atomic mass is 9.85. The second-order valence-electron chi connectivity index (χ2n) is 8.07. The fourth-order valence-electron chi connectivity index (χ4n) is 3.75. The monoisotopic (exact) mass is 294 g/mol. The van der Waals surface area contributed by atoms with E-state index in [1.54, 1.807) is 4.90 Å². The van der Waals surface area contributed by atoms with E-state index in [4.69, 9.17) is 0 Å². The molecule has 0 aromatic heterocycles. The summed E-state index contributed by atoms with van der Waals surface area (Å²) in [4.78, 5) is 37.3. The van der Waals surface area contributed by atoms with E-state index in [2.05, 4.69) is 19.2 Å². The van der Waals surface area contributed by atoms with Gasteiger partial charge in [-0.3, -0.25) is 9.59 Å². The van der Waals surface area contributed by atoms with Crippen LogP contribution in [0.3, 0.4) is 0 Å². The maximum absolute atomic E-state index is 12.8. The van der Waals surface area contributed by atoms with Gasteiger partial charge in [0.05, 0.1) is 6.04 Å². The minimum Gasteiger partial charge on any atom is -0.344 e. The molecular weight excluding hydrogens is 268 g/mol. The number of likely N-dealkylation sites (tertiary alicyclic amines) is 1. The molecule has 1 aliphatic carbocycles. The van der Waals surface area contributed by atoms with Crippen LogP contribution in [0, 0.1) is 22.7 Å². The van der Waals surface area contributed by atoms with Gasteiger partial charge in [-0.1, -0.05) is 34.6 Å². The van der Waals surface area contributed by atoms with Crippen LogP contribution in [0.15, 0.2) is 0 Å². The molecule has 0 bridgehead atoms. The van der Waals surface area contributed by atoms with Crippen molar-refractivity contribution >= 4 is 18.1 Å². The number of hydrogen-bond donors (Lipinski definition) is 1. The highest BCUT2D eigenvalue weighted by atomic mass is 16.2. The highest BCUT2D eigenvalue weighted by Gasteiger charge is 2.68. The molecule has 0 spiro atoms. The summed E-state index contributed by atoms with van der Waals surface area (Å²) in [5, 5.41) is 2.75. The van der Waals surface area contributed by atoms with Crippen molar-refractivity contribution in [2.45, 2.75) is 53.6 Å². The molecule has 0 aromatic rings. The minimum atomic E-state index is -0.599. The predicted molar refractivity (Wildman–Crippen MR) is 79.4 cm³/mol. The van der Waals surface area contributed by atoms with Gasteiger partial charge in [0, 0.05) is 13.5 Å². The van der Waals surface area contributed by atoms with E-state index in [1.165, 1.54) is 6.92 Å². The number of fused-ring (bicyclic) bond motifs is 1. The van der Waals surface area contributed by atoms with Crippen molar-refractivity contribution in [3.63, 3.8) is 0 Å². The lowest BCUT2D eigenvalue weighted by molar-refractivity contribution is -0.142. The molecule has 2 aliphatic rings. The average molecular weight is 294 g/mol. The Labute approximate surface area is 126 Å². The molecule has 5 heteroatoms. The van der Waals surface area contributed by atoms with Gasteiger partial charge in [0.25, 0.3) is 0 Å². The van der Waals surface area contributed by atoms with E-state index in [0.29, 0.717) is 12.5 Å². The first kappa shape index (κ1) is 16.0. The van der Waals surface area contributed by atoms with Crippen molar-refractivity contribution in [3.8, 4) is 0 Å². The fraction of sp³-hybridized carbons (Fsp3) is 0.812. The van der Waals surface area contributed by atoms with E-state index in [-0.39, 0.29) is 29.2 Å². The standard InChI is InChI=1S/C16H26N2O3/c1-9(20)17-13(15(2,3)4)14(21)18-7-10-12(11(18)8-19)16(10,5)6/h8,10-13H,7H2,1-6H3,(H,17,20)/t10-,11+,12-,13+/m0/s1. The molecule has 5 nitrogen and oxygen atoms in total. The van der Waals surface area contributed by atoms with E-state index in [0.717, 1.165) is 6.29 Å². The highest BCUT2D eigenvalue weighted by Crippen LogP contribution is 2.64. The van der Waals surface area contributed by atoms with Gasteiger partial charge >= 0.3 is 0 Å². The van der Waals surface area contributed by atoms with E-state index >= 15 is 0 Å². The summed E-state index contributed by atoms with van der Waals surface area (Å²) in [6.07, 6.45) is 0.894. The number of nitrogens with one attached hydrogen (secondary N) is 1. The van der Waals surface area contributed by atoms with Crippen molar-refractivity contribution in [1.29, 1.82) is 0 Å². The van der Waals surface area contributed by atoms with Crippen LogP contribution in [0.2, 0.25) is 0 Å². The summed E-state index contributed by atoms with van der Waals surface area (Å²) in [7, 11) is 0. The van der Waals surface area contributed by atoms with Crippen LogP contribution in [-0.4, -0.2) is 41.6 Å². The Morgan fingerprint density at radius 1 is 1.33 bits per heavy atom. The second-order valence-corrected chi connectivity index (χ2v) is 8.07. The lowest BCUT2D eigenvalue weighted by Gasteiger charge is -2.36. The van der Waals surface area contributed by atoms with Gasteiger partial charge < -0.3 is 15.0 Å². The third-order valence-electron chi connectivity index (χ3n) is 5.14. The van der Waals surface area contributed by atoms with Crippen LogP contribution in [-0.2, 0) is 14.4 Å². The first-order valence-electron chi connectivity index (χ1n) is 7.54. The number of carbonyl (C=O) groups excluding carboxylic acids is 3. The molecule has 0 unspecified atom stereocenters. The maximum atomic E-state index is 12.8. The predicted octanol–water partition coefficient (Wildman–Crippen LogP) is 1.22. The van der Waals surface area contributed by atoms with E-state index in [1.807, 2.05) is 20.8 Å². The summed E-state index contributed by atoms with van der Waals surface area (Å²) in [6, 6.07) is -0.950. The lowest BCUT2D eigenvalue weighted by Crippen LogP contribution is -2.56. The molecule has 1 saturated heterocycles. The summed E-state index contributed by atoms with van der Waals surface area (Å²) < 4.78 is 0. The average Bonchev–Trinajstić information content (AvgIpc) is 2.74. The van der Waals surface area contributed by atoms with Gasteiger partial charge in [-0.15, -0.1) is 0 Å². The van der Waals surface area contributed by atoms with Crippen LogP contribution in [0.5, 0.6) is 0 Å².